The van der Waals surface area contributed by atoms with Crippen molar-refractivity contribution in [1.29, 1.82) is 5.26 Å². The molecular formula is C15H14N2. The Hall–Kier alpha value is -1.88. The van der Waals surface area contributed by atoms with E-state index in [1.807, 2.05) is 25.1 Å². The van der Waals surface area contributed by atoms with E-state index in [0.29, 0.717) is 0 Å². The Kier molecular flexibility index (Phi) is 2.16. The zero-order chi connectivity index (χ0) is 11.9. The van der Waals surface area contributed by atoms with Crippen LogP contribution in [0.15, 0.2) is 30.3 Å². The fourth-order valence-corrected chi connectivity index (χ4v) is 2.68. The Balaban J connectivity index is 2.32. The van der Waals surface area contributed by atoms with E-state index in [4.69, 9.17) is 0 Å². The minimum Gasteiger partial charge on any atom is -0.253 e. The largest absolute Gasteiger partial charge is 0.253 e. The predicted molar refractivity (Wildman–Crippen MR) is 67.6 cm³/mol. The molecule has 0 N–H and O–H groups in total. The number of aromatic nitrogens is 1. The molecule has 0 atom stereocenters. The molecule has 2 heteroatoms. The molecule has 1 aromatic carbocycles. The molecule has 2 aromatic rings. The van der Waals surface area contributed by atoms with E-state index in [-0.39, 0.29) is 5.41 Å². The molecule has 1 aromatic heterocycles. The zero-order valence-corrected chi connectivity index (χ0v) is 9.90. The van der Waals surface area contributed by atoms with Gasteiger partial charge in [0.15, 0.2) is 0 Å². The molecule has 2 nitrogen and oxygen atoms in total. The molecule has 0 bridgehead atoms. The number of hydrogen-bond acceptors (Lipinski definition) is 2. The second kappa shape index (κ2) is 3.56. The second-order valence-corrected chi connectivity index (χ2v) is 4.88. The third kappa shape index (κ3) is 1.43. The summed E-state index contributed by atoms with van der Waals surface area (Å²) in [4.78, 5) is 4.53. The van der Waals surface area contributed by atoms with Gasteiger partial charge >= 0.3 is 0 Å². The lowest BCUT2D eigenvalue weighted by molar-refractivity contribution is 0.326. The molecule has 0 aliphatic heterocycles. The van der Waals surface area contributed by atoms with Gasteiger partial charge in [-0.25, -0.2) is 0 Å². The Labute approximate surface area is 101 Å². The van der Waals surface area contributed by atoms with Crippen LogP contribution in [0.2, 0.25) is 0 Å². The van der Waals surface area contributed by atoms with Crippen molar-refractivity contribution >= 4 is 10.9 Å². The van der Waals surface area contributed by atoms with Gasteiger partial charge in [-0.15, -0.1) is 0 Å². The summed E-state index contributed by atoms with van der Waals surface area (Å²) in [7, 11) is 0. The van der Waals surface area contributed by atoms with E-state index in [9.17, 15) is 5.26 Å². The number of para-hydroxylation sites is 1. The molecular weight excluding hydrogens is 208 g/mol. The molecule has 1 fully saturated rings. The topological polar surface area (TPSA) is 36.7 Å². The average Bonchev–Trinajstić information content (AvgIpc) is 2.28. The smallest absolute Gasteiger partial charge is 0.0829 e. The van der Waals surface area contributed by atoms with Crippen LogP contribution in [0.1, 0.15) is 30.5 Å². The van der Waals surface area contributed by atoms with Crippen LogP contribution in [0.3, 0.4) is 0 Å². The highest BCUT2D eigenvalue weighted by atomic mass is 14.7. The van der Waals surface area contributed by atoms with Crippen LogP contribution in [-0.2, 0) is 5.41 Å². The first kappa shape index (κ1) is 10.3. The van der Waals surface area contributed by atoms with E-state index in [2.05, 4.69) is 23.2 Å². The van der Waals surface area contributed by atoms with Gasteiger partial charge in [-0.3, -0.25) is 4.98 Å². The van der Waals surface area contributed by atoms with Crippen molar-refractivity contribution in [3.8, 4) is 6.07 Å². The predicted octanol–water partition coefficient (Wildman–Crippen LogP) is 3.49. The fourth-order valence-electron chi connectivity index (χ4n) is 2.68. The maximum Gasteiger partial charge on any atom is 0.0829 e. The summed E-state index contributed by atoms with van der Waals surface area (Å²) in [6.07, 6.45) is 3.12. The van der Waals surface area contributed by atoms with Crippen LogP contribution in [-0.4, -0.2) is 4.98 Å². The van der Waals surface area contributed by atoms with Crippen molar-refractivity contribution in [1.82, 2.24) is 4.98 Å². The summed E-state index contributed by atoms with van der Waals surface area (Å²) in [5, 5.41) is 10.6. The van der Waals surface area contributed by atoms with Gasteiger partial charge in [0.25, 0.3) is 0 Å². The number of nitriles is 1. The number of nitrogens with zero attached hydrogens (tertiary/aromatic N) is 2. The fraction of sp³-hybridized carbons (Fsp3) is 0.333. The molecule has 0 radical (unpaired) electrons. The highest BCUT2D eigenvalue weighted by Crippen LogP contribution is 2.45. The molecule has 17 heavy (non-hydrogen) atoms. The molecule has 0 amide bonds. The quantitative estimate of drug-likeness (QED) is 0.740. The van der Waals surface area contributed by atoms with E-state index in [1.165, 1.54) is 5.56 Å². The monoisotopic (exact) mass is 222 g/mol. The highest BCUT2D eigenvalue weighted by Gasteiger charge is 2.40. The van der Waals surface area contributed by atoms with E-state index in [0.717, 1.165) is 35.9 Å². The van der Waals surface area contributed by atoms with Crippen molar-refractivity contribution in [3.63, 3.8) is 0 Å². The second-order valence-electron chi connectivity index (χ2n) is 4.88. The first-order valence-electron chi connectivity index (χ1n) is 6.03. The van der Waals surface area contributed by atoms with E-state index >= 15 is 0 Å². The van der Waals surface area contributed by atoms with Crippen LogP contribution in [0.5, 0.6) is 0 Å². The first-order chi connectivity index (χ1) is 8.25. The lowest BCUT2D eigenvalue weighted by Crippen LogP contribution is -2.32. The third-order valence-corrected chi connectivity index (χ3v) is 3.78. The number of fused-ring (bicyclic) bond motifs is 1. The molecule has 0 saturated heterocycles. The van der Waals surface area contributed by atoms with E-state index in [1.54, 1.807) is 0 Å². The van der Waals surface area contributed by atoms with Gasteiger partial charge in [-0.05, 0) is 43.9 Å². The summed E-state index contributed by atoms with van der Waals surface area (Å²) >= 11 is 0. The standard InChI is InChI=1S/C15H14N2/c1-11-9-13(15(10-16)7-4-8-15)12-5-2-3-6-14(12)17-11/h2-3,5-6,9H,4,7-8H2,1H3. The van der Waals surface area contributed by atoms with E-state index < -0.39 is 0 Å². The molecule has 0 unspecified atom stereocenters. The van der Waals surface area contributed by atoms with Crippen molar-refractivity contribution in [3.05, 3.63) is 41.6 Å². The van der Waals surface area contributed by atoms with Gasteiger partial charge in [-0.1, -0.05) is 18.2 Å². The SMILES string of the molecule is Cc1cc(C2(C#N)CCC2)c2ccccc2n1. The normalized spacial score (nSPS) is 17.4. The lowest BCUT2D eigenvalue weighted by Gasteiger charge is -2.36. The van der Waals surface area contributed by atoms with Crippen molar-refractivity contribution in [2.75, 3.05) is 0 Å². The summed E-state index contributed by atoms with van der Waals surface area (Å²) in [5.74, 6) is 0. The molecule has 1 aliphatic rings. The molecule has 84 valence electrons. The Morgan fingerprint density at radius 1 is 1.29 bits per heavy atom. The zero-order valence-electron chi connectivity index (χ0n) is 9.90. The van der Waals surface area contributed by atoms with Gasteiger partial charge < -0.3 is 0 Å². The maximum absolute atomic E-state index is 9.47. The highest BCUT2D eigenvalue weighted by molar-refractivity contribution is 5.84. The third-order valence-electron chi connectivity index (χ3n) is 3.78. The number of aryl methyl sites for hydroxylation is 1. The molecule has 1 aliphatic carbocycles. The van der Waals surface area contributed by atoms with Gasteiger partial charge in [0.05, 0.1) is 17.0 Å². The molecule has 1 heterocycles. The van der Waals surface area contributed by atoms with Crippen molar-refractivity contribution in [2.45, 2.75) is 31.6 Å². The van der Waals surface area contributed by atoms with Gasteiger partial charge in [0, 0.05) is 11.1 Å². The van der Waals surface area contributed by atoms with Gasteiger partial charge in [0.1, 0.15) is 0 Å². The van der Waals surface area contributed by atoms with Crippen LogP contribution in [0.4, 0.5) is 0 Å². The summed E-state index contributed by atoms with van der Waals surface area (Å²) in [6, 6.07) is 12.7. The van der Waals surface area contributed by atoms with Crippen LogP contribution < -0.4 is 0 Å². The van der Waals surface area contributed by atoms with Crippen LogP contribution in [0, 0.1) is 18.3 Å². The number of rotatable bonds is 1. The summed E-state index contributed by atoms with van der Waals surface area (Å²) < 4.78 is 0. The van der Waals surface area contributed by atoms with Crippen LogP contribution in [0.25, 0.3) is 10.9 Å². The lowest BCUT2D eigenvalue weighted by atomic mass is 9.65. The van der Waals surface area contributed by atoms with Crippen LogP contribution >= 0.6 is 0 Å². The summed E-state index contributed by atoms with van der Waals surface area (Å²) in [5.41, 5.74) is 2.92. The Morgan fingerprint density at radius 3 is 2.71 bits per heavy atom. The Bertz CT molecular complexity index is 618. The minimum absolute atomic E-state index is 0.257. The summed E-state index contributed by atoms with van der Waals surface area (Å²) in [6.45, 7) is 2.00. The minimum atomic E-state index is -0.257. The average molecular weight is 222 g/mol. The number of hydrogen-bond donors (Lipinski definition) is 0. The van der Waals surface area contributed by atoms with Crippen molar-refractivity contribution < 1.29 is 0 Å². The van der Waals surface area contributed by atoms with Crippen molar-refractivity contribution in [2.24, 2.45) is 0 Å². The number of pyridine rings is 1. The molecule has 3 rings (SSSR count). The number of benzene rings is 1. The van der Waals surface area contributed by atoms with Gasteiger partial charge in [0.2, 0.25) is 0 Å². The molecule has 1 saturated carbocycles. The first-order valence-corrected chi connectivity index (χ1v) is 6.03. The van der Waals surface area contributed by atoms with Gasteiger partial charge in [-0.2, -0.15) is 5.26 Å². The maximum atomic E-state index is 9.47. The molecule has 0 spiro atoms. The Morgan fingerprint density at radius 2 is 2.06 bits per heavy atom.